The van der Waals surface area contributed by atoms with Crippen LogP contribution in [0.5, 0.6) is 0 Å². The number of anilines is 1. The van der Waals surface area contributed by atoms with E-state index >= 15 is 0 Å². The summed E-state index contributed by atoms with van der Waals surface area (Å²) in [6.07, 6.45) is 2.61. The van der Waals surface area contributed by atoms with Crippen LogP contribution in [0, 0.1) is 5.82 Å². The molecule has 0 unspecified atom stereocenters. The minimum absolute atomic E-state index is 0.257. The molecule has 126 valence electrons. The molecule has 1 amide bonds. The molecule has 3 aromatic rings. The zero-order valence-electron chi connectivity index (χ0n) is 12.6. The number of benzene rings is 2. The molecule has 0 saturated carbocycles. The Hall–Kier alpha value is -3.00. The lowest BCUT2D eigenvalue weighted by molar-refractivity contribution is -0.111. The summed E-state index contributed by atoms with van der Waals surface area (Å²) < 4.78 is 18.8. The Balaban J connectivity index is 1.74. The first kappa shape index (κ1) is 16.8. The van der Waals surface area contributed by atoms with Gasteiger partial charge in [0.05, 0.1) is 0 Å². The summed E-state index contributed by atoms with van der Waals surface area (Å²) in [7, 11) is 0. The lowest BCUT2D eigenvalue weighted by atomic mass is 10.2. The quantitative estimate of drug-likeness (QED) is 0.651. The van der Waals surface area contributed by atoms with Gasteiger partial charge in [-0.15, -0.1) is 0 Å². The van der Waals surface area contributed by atoms with E-state index in [4.69, 9.17) is 0 Å². The highest BCUT2D eigenvalue weighted by Crippen LogP contribution is 2.19. The zero-order valence-corrected chi connectivity index (χ0v) is 14.2. The van der Waals surface area contributed by atoms with Crippen LogP contribution in [0.4, 0.5) is 10.1 Å². The number of aromatic nitrogens is 2. The number of carbonyl (C=O) groups excluding carboxylic acids is 1. The summed E-state index contributed by atoms with van der Waals surface area (Å²) in [6.45, 7) is 0. The molecular weight excluding hydrogens is 393 g/mol. The Morgan fingerprint density at radius 1 is 1.28 bits per heavy atom. The van der Waals surface area contributed by atoms with Gasteiger partial charge < -0.3 is 5.32 Å². The summed E-state index contributed by atoms with van der Waals surface area (Å²) in [6, 6.07) is 11.1. The second-order valence-electron chi connectivity index (χ2n) is 5.01. The third-order valence-electron chi connectivity index (χ3n) is 3.22. The van der Waals surface area contributed by atoms with Crippen LogP contribution in [0.15, 0.2) is 62.3 Å². The maximum Gasteiger partial charge on any atom is 0.439 e. The van der Waals surface area contributed by atoms with Crippen LogP contribution in [0.25, 0.3) is 17.5 Å². The first-order valence-electron chi connectivity index (χ1n) is 7.12. The van der Waals surface area contributed by atoms with Crippen molar-refractivity contribution in [3.05, 3.63) is 74.9 Å². The van der Waals surface area contributed by atoms with Crippen LogP contribution in [0.1, 0.15) is 5.56 Å². The average Bonchev–Trinajstić information content (AvgIpc) is 3.02. The van der Waals surface area contributed by atoms with Gasteiger partial charge in [0, 0.05) is 27.4 Å². The van der Waals surface area contributed by atoms with Gasteiger partial charge in [0.1, 0.15) is 5.82 Å². The highest BCUT2D eigenvalue weighted by atomic mass is 79.9. The molecule has 0 spiro atoms. The van der Waals surface area contributed by atoms with E-state index in [0.29, 0.717) is 21.3 Å². The van der Waals surface area contributed by atoms with Crippen LogP contribution in [-0.2, 0) is 4.79 Å². The Bertz CT molecular complexity index is 1010. The third-order valence-corrected chi connectivity index (χ3v) is 3.71. The SMILES string of the molecule is O=C(/C=C/c1cc(Br)ccc1F)Nc1cccc(-c2noc(=O)[nH]2)c1. The maximum atomic E-state index is 13.6. The number of aromatic amines is 1. The second-order valence-corrected chi connectivity index (χ2v) is 5.93. The van der Waals surface area contributed by atoms with Crippen LogP contribution in [-0.4, -0.2) is 16.0 Å². The molecule has 1 aromatic heterocycles. The van der Waals surface area contributed by atoms with E-state index in [2.05, 4.69) is 35.9 Å². The first-order valence-corrected chi connectivity index (χ1v) is 7.91. The van der Waals surface area contributed by atoms with Crippen LogP contribution >= 0.6 is 15.9 Å². The molecule has 0 fully saturated rings. The summed E-state index contributed by atoms with van der Waals surface area (Å²) in [5.41, 5.74) is 1.36. The van der Waals surface area contributed by atoms with Gasteiger partial charge in [-0.3, -0.25) is 14.3 Å². The van der Waals surface area contributed by atoms with Gasteiger partial charge in [0.2, 0.25) is 5.91 Å². The largest absolute Gasteiger partial charge is 0.439 e. The average molecular weight is 404 g/mol. The van der Waals surface area contributed by atoms with Gasteiger partial charge in [-0.05, 0) is 36.4 Å². The molecule has 0 atom stereocenters. The van der Waals surface area contributed by atoms with E-state index in [-0.39, 0.29) is 5.82 Å². The Morgan fingerprint density at radius 2 is 2.12 bits per heavy atom. The van der Waals surface area contributed by atoms with Crippen molar-refractivity contribution in [1.82, 2.24) is 10.1 Å². The fourth-order valence-electron chi connectivity index (χ4n) is 2.09. The molecule has 0 radical (unpaired) electrons. The standard InChI is InChI=1S/C17H11BrFN3O3/c18-12-5-6-14(19)10(8-12)4-7-15(23)20-13-3-1-2-11(9-13)16-21-17(24)25-22-16/h1-9H,(H,20,23)(H,21,22,24)/b7-4+. The van der Waals surface area contributed by atoms with E-state index in [9.17, 15) is 14.0 Å². The van der Waals surface area contributed by atoms with Crippen LogP contribution < -0.4 is 11.1 Å². The van der Waals surface area contributed by atoms with Crippen LogP contribution in [0.3, 0.4) is 0 Å². The fourth-order valence-corrected chi connectivity index (χ4v) is 2.47. The van der Waals surface area contributed by atoms with Crippen molar-refractivity contribution < 1.29 is 13.7 Å². The number of nitrogens with one attached hydrogen (secondary N) is 2. The highest BCUT2D eigenvalue weighted by molar-refractivity contribution is 9.10. The molecule has 2 aromatic carbocycles. The highest BCUT2D eigenvalue weighted by Gasteiger charge is 2.06. The van der Waals surface area contributed by atoms with E-state index in [0.717, 1.165) is 0 Å². The molecule has 3 rings (SSSR count). The van der Waals surface area contributed by atoms with Crippen molar-refractivity contribution in [3.8, 4) is 11.4 Å². The molecular formula is C17H11BrFN3O3. The second kappa shape index (κ2) is 7.27. The number of rotatable bonds is 4. The third kappa shape index (κ3) is 4.30. The van der Waals surface area contributed by atoms with Gasteiger partial charge in [0.25, 0.3) is 0 Å². The Morgan fingerprint density at radius 3 is 2.88 bits per heavy atom. The summed E-state index contributed by atoms with van der Waals surface area (Å²) >= 11 is 3.25. The number of hydrogen-bond donors (Lipinski definition) is 2. The fraction of sp³-hybridized carbons (Fsp3) is 0. The number of H-pyrrole nitrogens is 1. The van der Waals surface area contributed by atoms with Gasteiger partial charge in [0.15, 0.2) is 5.82 Å². The topological polar surface area (TPSA) is 88.0 Å². The number of hydrogen-bond acceptors (Lipinski definition) is 4. The van der Waals surface area contributed by atoms with Gasteiger partial charge in [-0.25, -0.2) is 9.18 Å². The number of carbonyl (C=O) groups is 1. The Labute approximate surface area is 149 Å². The Kier molecular flexibility index (Phi) is 4.90. The minimum Gasteiger partial charge on any atom is -0.322 e. The van der Waals surface area contributed by atoms with E-state index in [1.165, 1.54) is 18.2 Å². The maximum absolute atomic E-state index is 13.6. The van der Waals surface area contributed by atoms with Crippen molar-refractivity contribution >= 4 is 33.6 Å². The molecule has 0 bridgehead atoms. The molecule has 8 heteroatoms. The lowest BCUT2D eigenvalue weighted by Crippen LogP contribution is -2.07. The predicted octanol–water partition coefficient (Wildman–Crippen LogP) is 3.58. The molecule has 0 aliphatic carbocycles. The molecule has 0 aliphatic heterocycles. The van der Waals surface area contributed by atoms with Crippen molar-refractivity contribution in [3.63, 3.8) is 0 Å². The first-order chi connectivity index (χ1) is 12.0. The van der Waals surface area contributed by atoms with Crippen molar-refractivity contribution in [2.24, 2.45) is 0 Å². The molecule has 0 aliphatic rings. The summed E-state index contributed by atoms with van der Waals surface area (Å²) in [4.78, 5) is 25.4. The molecule has 25 heavy (non-hydrogen) atoms. The summed E-state index contributed by atoms with van der Waals surface area (Å²) in [5, 5.41) is 6.24. The van der Waals surface area contributed by atoms with Crippen LogP contribution in [0.2, 0.25) is 0 Å². The van der Waals surface area contributed by atoms with Gasteiger partial charge >= 0.3 is 5.76 Å². The number of nitrogens with zero attached hydrogens (tertiary/aromatic N) is 1. The molecule has 1 heterocycles. The summed E-state index contributed by atoms with van der Waals surface area (Å²) in [5.74, 6) is -1.26. The lowest BCUT2D eigenvalue weighted by Gasteiger charge is -2.04. The number of amides is 1. The van der Waals surface area contributed by atoms with Crippen molar-refractivity contribution in [2.75, 3.05) is 5.32 Å². The van der Waals surface area contributed by atoms with E-state index in [1.807, 2.05) is 0 Å². The molecule has 2 N–H and O–H groups in total. The smallest absolute Gasteiger partial charge is 0.322 e. The molecule has 6 nitrogen and oxygen atoms in total. The predicted molar refractivity (Wildman–Crippen MR) is 94.3 cm³/mol. The molecule has 0 saturated heterocycles. The zero-order chi connectivity index (χ0) is 17.8. The van der Waals surface area contributed by atoms with Gasteiger partial charge in [-0.2, -0.15) is 0 Å². The normalized spacial score (nSPS) is 11.0. The van der Waals surface area contributed by atoms with Crippen molar-refractivity contribution in [1.29, 1.82) is 0 Å². The van der Waals surface area contributed by atoms with E-state index in [1.54, 1.807) is 36.4 Å². The van der Waals surface area contributed by atoms with E-state index < -0.39 is 17.5 Å². The monoisotopic (exact) mass is 403 g/mol. The minimum atomic E-state index is -0.663. The van der Waals surface area contributed by atoms with Crippen molar-refractivity contribution in [2.45, 2.75) is 0 Å². The number of halogens is 2. The van der Waals surface area contributed by atoms with Gasteiger partial charge in [-0.1, -0.05) is 33.2 Å².